The molecule has 0 bridgehead atoms. The van der Waals surface area contributed by atoms with Gasteiger partial charge in [-0.25, -0.2) is 0 Å². The zero-order chi connectivity index (χ0) is 19.2. The van der Waals surface area contributed by atoms with Crippen LogP contribution in [0.4, 0.5) is 0 Å². The molecule has 2 aromatic carbocycles. The van der Waals surface area contributed by atoms with Gasteiger partial charge in [0.15, 0.2) is 0 Å². The van der Waals surface area contributed by atoms with Crippen molar-refractivity contribution in [2.75, 3.05) is 20.6 Å². The van der Waals surface area contributed by atoms with Gasteiger partial charge in [0.05, 0.1) is 0 Å². The van der Waals surface area contributed by atoms with E-state index in [1.807, 2.05) is 45.2 Å². The number of benzene rings is 2. The lowest BCUT2D eigenvalue weighted by Crippen LogP contribution is -2.26. The molecule has 136 valence electrons. The van der Waals surface area contributed by atoms with Crippen LogP contribution < -0.4 is 5.32 Å². The summed E-state index contributed by atoms with van der Waals surface area (Å²) in [4.78, 5) is 22.4. The van der Waals surface area contributed by atoms with Crippen LogP contribution in [0.2, 0.25) is 0 Å². The summed E-state index contributed by atoms with van der Waals surface area (Å²) in [6.45, 7) is 8.89. The summed E-state index contributed by atoms with van der Waals surface area (Å²) in [5, 5.41) is 2.25. The summed E-state index contributed by atoms with van der Waals surface area (Å²) in [6.07, 6.45) is 0.625. The highest BCUT2D eigenvalue weighted by Crippen LogP contribution is 2.06. The third-order valence-corrected chi connectivity index (χ3v) is 3.42. The Morgan fingerprint density at radius 2 is 1.48 bits per heavy atom. The summed E-state index contributed by atoms with van der Waals surface area (Å²) >= 11 is 0. The van der Waals surface area contributed by atoms with Crippen LogP contribution >= 0.6 is 0 Å². The summed E-state index contributed by atoms with van der Waals surface area (Å²) in [6, 6.07) is 16.1. The standard InChI is InChI=1S/C11H15NO.C8H10.C2H5NO/c1-4-12(3)11(13)10-7-5-6-9(2)8-10;1-7-3-5-8(2)6-4-7;1-3-2-4/h5-8H,4H2,1-3H3;3-6H,1-2H3;2H,1H3,(H,3,4). The second kappa shape index (κ2) is 12.8. The number of carbonyl (C=O) groups is 2. The zero-order valence-corrected chi connectivity index (χ0v) is 16.2. The van der Waals surface area contributed by atoms with Crippen LogP contribution in [-0.2, 0) is 4.79 Å². The minimum Gasteiger partial charge on any atom is -0.362 e. The Bertz CT molecular complexity index is 616. The van der Waals surface area contributed by atoms with Crippen LogP contribution in [-0.4, -0.2) is 37.9 Å². The average molecular weight is 342 g/mol. The molecule has 0 aromatic heterocycles. The Morgan fingerprint density at radius 1 is 1.00 bits per heavy atom. The quantitative estimate of drug-likeness (QED) is 0.864. The first-order valence-electron chi connectivity index (χ1n) is 8.32. The van der Waals surface area contributed by atoms with E-state index in [-0.39, 0.29) is 5.91 Å². The van der Waals surface area contributed by atoms with Gasteiger partial charge in [-0.2, -0.15) is 0 Å². The maximum Gasteiger partial charge on any atom is 0.253 e. The van der Waals surface area contributed by atoms with E-state index in [1.165, 1.54) is 11.1 Å². The molecule has 0 aliphatic carbocycles. The fourth-order valence-corrected chi connectivity index (χ4v) is 1.78. The molecule has 0 spiro atoms. The van der Waals surface area contributed by atoms with Crippen molar-refractivity contribution >= 4 is 12.3 Å². The molecule has 2 amide bonds. The zero-order valence-electron chi connectivity index (χ0n) is 16.2. The van der Waals surface area contributed by atoms with E-state index in [1.54, 1.807) is 11.9 Å². The Kier molecular flexibility index (Phi) is 11.4. The topological polar surface area (TPSA) is 49.4 Å². The lowest BCUT2D eigenvalue weighted by atomic mass is 10.1. The molecule has 0 aliphatic heterocycles. The van der Waals surface area contributed by atoms with E-state index in [2.05, 4.69) is 43.4 Å². The van der Waals surface area contributed by atoms with E-state index < -0.39 is 0 Å². The number of nitrogens with one attached hydrogen (secondary N) is 1. The van der Waals surface area contributed by atoms with E-state index in [0.29, 0.717) is 6.41 Å². The smallest absolute Gasteiger partial charge is 0.253 e. The van der Waals surface area contributed by atoms with Gasteiger partial charge in [-0.15, -0.1) is 0 Å². The second-order valence-corrected chi connectivity index (χ2v) is 5.75. The average Bonchev–Trinajstić information content (AvgIpc) is 2.63. The van der Waals surface area contributed by atoms with Crippen LogP contribution in [0.5, 0.6) is 0 Å². The number of hydrogen-bond acceptors (Lipinski definition) is 2. The molecule has 2 aromatic rings. The van der Waals surface area contributed by atoms with E-state index in [4.69, 9.17) is 4.79 Å². The molecular formula is C21H30N2O2. The molecule has 2 rings (SSSR count). The molecule has 4 nitrogen and oxygen atoms in total. The SMILES string of the molecule is CCN(C)C(=O)c1cccc(C)c1.CNC=O.Cc1ccc(C)cc1. The maximum absolute atomic E-state index is 11.7. The maximum atomic E-state index is 11.7. The first-order valence-corrected chi connectivity index (χ1v) is 8.32. The van der Waals surface area contributed by atoms with Crippen molar-refractivity contribution in [3.8, 4) is 0 Å². The minimum atomic E-state index is 0.0891. The van der Waals surface area contributed by atoms with Gasteiger partial charge in [-0.1, -0.05) is 53.1 Å². The van der Waals surface area contributed by atoms with Gasteiger partial charge in [0.1, 0.15) is 0 Å². The Balaban J connectivity index is 0.000000407. The van der Waals surface area contributed by atoms with Crippen molar-refractivity contribution in [2.45, 2.75) is 27.7 Å². The predicted molar refractivity (Wildman–Crippen MR) is 105 cm³/mol. The molecule has 0 heterocycles. The molecule has 0 saturated heterocycles. The Labute approximate surface area is 151 Å². The van der Waals surface area contributed by atoms with Crippen molar-refractivity contribution in [2.24, 2.45) is 0 Å². The molecule has 0 radical (unpaired) electrons. The third kappa shape index (κ3) is 9.97. The number of nitrogens with zero attached hydrogens (tertiary/aromatic N) is 1. The first-order chi connectivity index (χ1) is 11.8. The molecule has 0 fully saturated rings. The third-order valence-electron chi connectivity index (χ3n) is 3.42. The van der Waals surface area contributed by atoms with Gasteiger partial charge in [-0.3, -0.25) is 9.59 Å². The number of carbonyl (C=O) groups excluding carboxylic acids is 2. The first kappa shape index (κ1) is 22.4. The molecule has 0 saturated carbocycles. The van der Waals surface area contributed by atoms with Crippen molar-refractivity contribution in [3.63, 3.8) is 0 Å². The van der Waals surface area contributed by atoms with Gasteiger partial charge in [0, 0.05) is 26.2 Å². The van der Waals surface area contributed by atoms with Crippen LogP contribution in [0.1, 0.15) is 34.0 Å². The van der Waals surface area contributed by atoms with Gasteiger partial charge >= 0.3 is 0 Å². The fourth-order valence-electron chi connectivity index (χ4n) is 1.78. The van der Waals surface area contributed by atoms with Crippen molar-refractivity contribution in [1.29, 1.82) is 0 Å². The van der Waals surface area contributed by atoms with Gasteiger partial charge in [-0.05, 0) is 39.8 Å². The Morgan fingerprint density at radius 3 is 1.84 bits per heavy atom. The molecule has 0 atom stereocenters. The van der Waals surface area contributed by atoms with Crippen LogP contribution in [0.3, 0.4) is 0 Å². The summed E-state index contributed by atoms with van der Waals surface area (Å²) < 4.78 is 0. The summed E-state index contributed by atoms with van der Waals surface area (Å²) in [5.41, 5.74) is 4.55. The molecule has 25 heavy (non-hydrogen) atoms. The van der Waals surface area contributed by atoms with E-state index in [0.717, 1.165) is 17.7 Å². The number of amides is 2. The Hall–Kier alpha value is -2.62. The fraction of sp³-hybridized carbons (Fsp3) is 0.333. The number of aryl methyl sites for hydroxylation is 3. The number of hydrogen-bond donors (Lipinski definition) is 1. The highest BCUT2D eigenvalue weighted by molar-refractivity contribution is 5.94. The normalized spacial score (nSPS) is 8.88. The largest absolute Gasteiger partial charge is 0.362 e. The predicted octanol–water partition coefficient (Wildman–Crippen LogP) is 3.75. The molecular weight excluding hydrogens is 312 g/mol. The summed E-state index contributed by atoms with van der Waals surface area (Å²) in [7, 11) is 3.37. The van der Waals surface area contributed by atoms with Gasteiger partial charge in [0.2, 0.25) is 6.41 Å². The van der Waals surface area contributed by atoms with Crippen molar-refractivity contribution < 1.29 is 9.59 Å². The van der Waals surface area contributed by atoms with Crippen LogP contribution in [0.25, 0.3) is 0 Å². The van der Waals surface area contributed by atoms with E-state index in [9.17, 15) is 4.79 Å². The van der Waals surface area contributed by atoms with E-state index >= 15 is 0 Å². The molecule has 0 unspecified atom stereocenters. The minimum absolute atomic E-state index is 0.0891. The highest BCUT2D eigenvalue weighted by Gasteiger charge is 2.08. The van der Waals surface area contributed by atoms with Crippen LogP contribution in [0, 0.1) is 20.8 Å². The lowest BCUT2D eigenvalue weighted by Gasteiger charge is -2.14. The van der Waals surface area contributed by atoms with Crippen LogP contribution in [0.15, 0.2) is 48.5 Å². The molecule has 0 aliphatic rings. The highest BCUT2D eigenvalue weighted by atomic mass is 16.2. The van der Waals surface area contributed by atoms with Crippen molar-refractivity contribution in [1.82, 2.24) is 10.2 Å². The van der Waals surface area contributed by atoms with Crippen molar-refractivity contribution in [3.05, 3.63) is 70.8 Å². The van der Waals surface area contributed by atoms with Gasteiger partial charge in [0.25, 0.3) is 5.91 Å². The lowest BCUT2D eigenvalue weighted by molar-refractivity contribution is -0.109. The second-order valence-electron chi connectivity index (χ2n) is 5.75. The van der Waals surface area contributed by atoms with Gasteiger partial charge < -0.3 is 10.2 Å². The monoisotopic (exact) mass is 342 g/mol. The number of rotatable bonds is 3. The molecule has 1 N–H and O–H groups in total. The summed E-state index contributed by atoms with van der Waals surface area (Å²) in [5.74, 6) is 0.0891. The molecule has 4 heteroatoms.